The van der Waals surface area contributed by atoms with Crippen molar-refractivity contribution in [1.29, 1.82) is 0 Å². The molecule has 1 amide bonds. The van der Waals surface area contributed by atoms with Crippen LogP contribution in [0, 0.1) is 12.3 Å². The quantitative estimate of drug-likeness (QED) is 0.553. The highest BCUT2D eigenvalue weighted by Gasteiger charge is 2.04. The van der Waals surface area contributed by atoms with Crippen molar-refractivity contribution in [2.45, 2.75) is 19.9 Å². The number of aryl methyl sites for hydroxylation is 1. The molecule has 17 heavy (non-hydrogen) atoms. The minimum atomic E-state index is -0.0760. The van der Waals surface area contributed by atoms with E-state index in [0.717, 1.165) is 17.7 Å². The first-order valence-electron chi connectivity index (χ1n) is 5.61. The van der Waals surface area contributed by atoms with Gasteiger partial charge in [-0.05, 0) is 18.1 Å². The van der Waals surface area contributed by atoms with Crippen LogP contribution in [-0.2, 0) is 17.8 Å². The molecule has 0 spiro atoms. The lowest BCUT2D eigenvalue weighted by Crippen LogP contribution is -2.34. The molecule has 0 radical (unpaired) electrons. The summed E-state index contributed by atoms with van der Waals surface area (Å²) in [4.78, 5) is 15.7. The van der Waals surface area contributed by atoms with E-state index in [1.807, 2.05) is 12.1 Å². The van der Waals surface area contributed by atoms with Crippen LogP contribution >= 0.6 is 0 Å². The number of terminal acetylenes is 1. The van der Waals surface area contributed by atoms with Crippen molar-refractivity contribution in [2.24, 2.45) is 0 Å². The fourth-order valence-corrected chi connectivity index (χ4v) is 1.45. The summed E-state index contributed by atoms with van der Waals surface area (Å²) in [5.74, 6) is 2.34. The van der Waals surface area contributed by atoms with Crippen LogP contribution in [0.3, 0.4) is 0 Å². The van der Waals surface area contributed by atoms with Crippen molar-refractivity contribution >= 4 is 5.91 Å². The Morgan fingerprint density at radius 1 is 1.59 bits per heavy atom. The van der Waals surface area contributed by atoms with Crippen molar-refractivity contribution in [1.82, 2.24) is 15.6 Å². The topological polar surface area (TPSA) is 54.0 Å². The molecule has 0 atom stereocenters. The second-order valence-corrected chi connectivity index (χ2v) is 3.55. The second-order valence-electron chi connectivity index (χ2n) is 3.55. The summed E-state index contributed by atoms with van der Waals surface area (Å²) in [6.45, 7) is 3.16. The molecular weight excluding hydrogens is 214 g/mol. The first-order chi connectivity index (χ1) is 8.27. The van der Waals surface area contributed by atoms with Crippen LogP contribution in [0.1, 0.15) is 18.2 Å². The summed E-state index contributed by atoms with van der Waals surface area (Å²) in [5, 5.41) is 5.63. The number of nitrogens with one attached hydrogen (secondary N) is 2. The Morgan fingerprint density at radius 3 is 3.12 bits per heavy atom. The number of pyridine rings is 1. The van der Waals surface area contributed by atoms with Gasteiger partial charge in [-0.2, -0.15) is 0 Å². The minimum absolute atomic E-state index is 0.0760. The normalized spacial score (nSPS) is 9.65. The zero-order valence-corrected chi connectivity index (χ0v) is 9.99. The van der Waals surface area contributed by atoms with Crippen molar-refractivity contribution in [2.75, 3.05) is 13.1 Å². The van der Waals surface area contributed by atoms with Crippen LogP contribution in [0.25, 0.3) is 0 Å². The maximum atomic E-state index is 11.4. The average molecular weight is 231 g/mol. The van der Waals surface area contributed by atoms with Crippen LogP contribution in [-0.4, -0.2) is 24.0 Å². The molecule has 0 aliphatic heterocycles. The highest BCUT2D eigenvalue weighted by Crippen LogP contribution is 2.05. The Morgan fingerprint density at radius 2 is 2.41 bits per heavy atom. The van der Waals surface area contributed by atoms with Gasteiger partial charge in [0.05, 0.1) is 25.3 Å². The highest BCUT2D eigenvalue weighted by atomic mass is 16.1. The highest BCUT2D eigenvalue weighted by molar-refractivity contribution is 5.77. The number of amides is 1. The summed E-state index contributed by atoms with van der Waals surface area (Å²) < 4.78 is 0. The van der Waals surface area contributed by atoms with Gasteiger partial charge in [0.2, 0.25) is 5.91 Å². The summed E-state index contributed by atoms with van der Waals surface area (Å²) in [6, 6.07) is 3.92. The van der Waals surface area contributed by atoms with E-state index >= 15 is 0 Å². The molecule has 0 aromatic carbocycles. The molecule has 1 aromatic rings. The summed E-state index contributed by atoms with van der Waals surface area (Å²) in [6.07, 6.45) is 7.71. The number of hydrogen-bond donors (Lipinski definition) is 2. The van der Waals surface area contributed by atoms with Crippen LogP contribution in [0.2, 0.25) is 0 Å². The van der Waals surface area contributed by atoms with E-state index in [0.29, 0.717) is 13.1 Å². The summed E-state index contributed by atoms with van der Waals surface area (Å²) >= 11 is 0. The molecule has 1 aromatic heterocycles. The fourth-order valence-electron chi connectivity index (χ4n) is 1.45. The molecule has 0 fully saturated rings. The SMILES string of the molecule is C#CCNCC(=O)NCc1ncccc1CC. The summed E-state index contributed by atoms with van der Waals surface area (Å²) in [7, 11) is 0. The van der Waals surface area contributed by atoms with Crippen molar-refractivity contribution in [3.63, 3.8) is 0 Å². The summed E-state index contributed by atoms with van der Waals surface area (Å²) in [5.41, 5.74) is 2.07. The minimum Gasteiger partial charge on any atom is -0.349 e. The van der Waals surface area contributed by atoms with Crippen LogP contribution in [0.15, 0.2) is 18.3 Å². The fraction of sp³-hybridized carbons (Fsp3) is 0.385. The first-order valence-corrected chi connectivity index (χ1v) is 5.61. The molecule has 0 saturated carbocycles. The number of nitrogens with zero attached hydrogens (tertiary/aromatic N) is 1. The van der Waals surface area contributed by atoms with E-state index in [4.69, 9.17) is 6.42 Å². The predicted molar refractivity (Wildman–Crippen MR) is 67.2 cm³/mol. The van der Waals surface area contributed by atoms with Gasteiger partial charge in [-0.1, -0.05) is 18.9 Å². The van der Waals surface area contributed by atoms with E-state index < -0.39 is 0 Å². The number of carbonyl (C=O) groups is 1. The molecule has 90 valence electrons. The van der Waals surface area contributed by atoms with Gasteiger partial charge in [-0.25, -0.2) is 0 Å². The van der Waals surface area contributed by atoms with Gasteiger partial charge in [0.1, 0.15) is 0 Å². The molecule has 0 unspecified atom stereocenters. The molecule has 2 N–H and O–H groups in total. The third-order valence-electron chi connectivity index (χ3n) is 2.33. The molecule has 0 saturated heterocycles. The molecule has 0 bridgehead atoms. The smallest absolute Gasteiger partial charge is 0.234 e. The number of hydrogen-bond acceptors (Lipinski definition) is 3. The number of rotatable bonds is 6. The van der Waals surface area contributed by atoms with E-state index in [-0.39, 0.29) is 12.5 Å². The first kappa shape index (κ1) is 13.2. The van der Waals surface area contributed by atoms with Gasteiger partial charge in [-0.3, -0.25) is 15.1 Å². The van der Waals surface area contributed by atoms with Gasteiger partial charge in [0.15, 0.2) is 0 Å². The molecule has 1 rings (SSSR count). The number of carbonyl (C=O) groups excluding carboxylic acids is 1. The standard InChI is InChI=1S/C13H17N3O/c1-3-7-14-10-13(17)16-9-12-11(4-2)6-5-8-15-12/h1,5-6,8,14H,4,7,9-10H2,2H3,(H,16,17). The van der Waals surface area contributed by atoms with E-state index in [1.165, 1.54) is 0 Å². The lowest BCUT2D eigenvalue weighted by molar-refractivity contribution is -0.120. The zero-order valence-electron chi connectivity index (χ0n) is 9.99. The van der Waals surface area contributed by atoms with Crippen LogP contribution in [0.4, 0.5) is 0 Å². The number of aromatic nitrogens is 1. The Bertz CT molecular complexity index is 409. The zero-order chi connectivity index (χ0) is 12.5. The largest absolute Gasteiger partial charge is 0.349 e. The van der Waals surface area contributed by atoms with E-state index in [1.54, 1.807) is 6.20 Å². The van der Waals surface area contributed by atoms with Gasteiger partial charge in [-0.15, -0.1) is 6.42 Å². The molecule has 4 heteroatoms. The average Bonchev–Trinajstić information content (AvgIpc) is 2.37. The predicted octanol–water partition coefficient (Wildman–Crippen LogP) is 0.483. The second kappa shape index (κ2) is 7.42. The Labute approximate surface area is 102 Å². The van der Waals surface area contributed by atoms with Crippen molar-refractivity contribution in [3.05, 3.63) is 29.6 Å². The van der Waals surface area contributed by atoms with Crippen molar-refractivity contribution in [3.8, 4) is 12.3 Å². The molecular formula is C13H17N3O. The van der Waals surface area contributed by atoms with Crippen LogP contribution in [0.5, 0.6) is 0 Å². The molecule has 0 aliphatic carbocycles. The van der Waals surface area contributed by atoms with E-state index in [2.05, 4.69) is 28.5 Å². The monoisotopic (exact) mass is 231 g/mol. The van der Waals surface area contributed by atoms with Gasteiger partial charge < -0.3 is 5.32 Å². The third kappa shape index (κ3) is 4.66. The molecule has 0 aliphatic rings. The Balaban J connectivity index is 2.39. The van der Waals surface area contributed by atoms with Crippen molar-refractivity contribution < 1.29 is 4.79 Å². The van der Waals surface area contributed by atoms with Gasteiger partial charge in [0, 0.05) is 6.20 Å². The van der Waals surface area contributed by atoms with Gasteiger partial charge >= 0.3 is 0 Å². The lowest BCUT2D eigenvalue weighted by atomic mass is 10.1. The maximum absolute atomic E-state index is 11.4. The third-order valence-corrected chi connectivity index (χ3v) is 2.33. The Hall–Kier alpha value is -1.86. The lowest BCUT2D eigenvalue weighted by Gasteiger charge is -2.08. The van der Waals surface area contributed by atoms with Crippen LogP contribution < -0.4 is 10.6 Å². The molecule has 4 nitrogen and oxygen atoms in total. The van der Waals surface area contributed by atoms with Gasteiger partial charge in [0.25, 0.3) is 0 Å². The molecule has 1 heterocycles. The van der Waals surface area contributed by atoms with E-state index in [9.17, 15) is 4.79 Å². The Kier molecular flexibility index (Phi) is 5.76. The maximum Gasteiger partial charge on any atom is 0.234 e.